The van der Waals surface area contributed by atoms with Crippen molar-refractivity contribution in [1.82, 2.24) is 5.32 Å². The predicted molar refractivity (Wildman–Crippen MR) is 105 cm³/mol. The van der Waals surface area contributed by atoms with Crippen molar-refractivity contribution in [3.05, 3.63) is 64.4 Å². The van der Waals surface area contributed by atoms with E-state index in [1.807, 2.05) is 0 Å². The van der Waals surface area contributed by atoms with Crippen LogP contribution in [0.5, 0.6) is 0 Å². The average molecular weight is 417 g/mol. The second-order valence-corrected chi connectivity index (χ2v) is 8.72. The fourth-order valence-corrected chi connectivity index (χ4v) is 3.87. The zero-order valence-electron chi connectivity index (χ0n) is 14.0. The third kappa shape index (κ3) is 6.51. The van der Waals surface area contributed by atoms with E-state index in [9.17, 15) is 17.6 Å². The quantitative estimate of drug-likeness (QED) is 0.645. The van der Waals surface area contributed by atoms with Crippen LogP contribution in [0.15, 0.2) is 42.5 Å². The summed E-state index contributed by atoms with van der Waals surface area (Å²) in [5.41, 5.74) is 1.12. The first kappa shape index (κ1) is 20.5. The van der Waals surface area contributed by atoms with Crippen molar-refractivity contribution in [3.8, 4) is 0 Å². The van der Waals surface area contributed by atoms with Crippen LogP contribution in [0.2, 0.25) is 5.02 Å². The molecule has 0 heterocycles. The number of carbonyl (C=O) groups excluding carboxylic acids is 1. The summed E-state index contributed by atoms with van der Waals surface area (Å²) in [6, 6.07) is 10.8. The van der Waals surface area contributed by atoms with Gasteiger partial charge in [-0.2, -0.15) is 11.8 Å². The Bertz CT molecular complexity index is 871. The van der Waals surface area contributed by atoms with Crippen LogP contribution in [0.4, 0.5) is 10.1 Å². The monoisotopic (exact) mass is 416 g/mol. The van der Waals surface area contributed by atoms with E-state index in [2.05, 4.69) is 10.0 Å². The molecule has 5 nitrogen and oxygen atoms in total. The Hall–Kier alpha value is -1.77. The molecular weight excluding hydrogens is 399 g/mol. The van der Waals surface area contributed by atoms with Crippen LogP contribution < -0.4 is 10.0 Å². The normalized spacial score (nSPS) is 11.2. The number of hydrogen-bond acceptors (Lipinski definition) is 4. The molecule has 0 aliphatic rings. The molecule has 0 aromatic heterocycles. The van der Waals surface area contributed by atoms with E-state index in [1.165, 1.54) is 23.9 Å². The fourth-order valence-electron chi connectivity index (χ4n) is 2.12. The summed E-state index contributed by atoms with van der Waals surface area (Å²) >= 11 is 7.41. The van der Waals surface area contributed by atoms with E-state index in [1.54, 1.807) is 30.3 Å². The molecule has 0 bridgehead atoms. The van der Waals surface area contributed by atoms with Crippen molar-refractivity contribution in [2.24, 2.45) is 0 Å². The molecule has 2 rings (SSSR count). The number of thioether (sulfide) groups is 1. The molecule has 0 aliphatic carbocycles. The molecule has 2 aromatic rings. The summed E-state index contributed by atoms with van der Waals surface area (Å²) in [5, 5.41) is 3.13. The largest absolute Gasteiger partial charge is 0.351 e. The Kier molecular flexibility index (Phi) is 7.31. The molecular formula is C17H18ClFN2O3S2. The van der Waals surface area contributed by atoms with Gasteiger partial charge in [0.1, 0.15) is 5.82 Å². The highest BCUT2D eigenvalue weighted by molar-refractivity contribution is 7.98. The Balaban J connectivity index is 1.81. The van der Waals surface area contributed by atoms with E-state index >= 15 is 0 Å². The van der Waals surface area contributed by atoms with Crippen molar-refractivity contribution >= 4 is 45.0 Å². The topological polar surface area (TPSA) is 75.3 Å². The number of amides is 1. The van der Waals surface area contributed by atoms with Gasteiger partial charge >= 0.3 is 0 Å². The Morgan fingerprint density at radius 2 is 1.96 bits per heavy atom. The summed E-state index contributed by atoms with van der Waals surface area (Å²) in [6.07, 6.45) is 1.04. The lowest BCUT2D eigenvalue weighted by molar-refractivity contribution is 0.0956. The van der Waals surface area contributed by atoms with Gasteiger partial charge in [-0.3, -0.25) is 9.52 Å². The fraction of sp³-hybridized carbons (Fsp3) is 0.235. The molecule has 140 valence electrons. The first-order chi connectivity index (χ1) is 12.3. The molecule has 2 aromatic carbocycles. The zero-order valence-corrected chi connectivity index (χ0v) is 16.3. The number of rotatable bonds is 8. The van der Waals surface area contributed by atoms with Gasteiger partial charge in [0, 0.05) is 39.9 Å². The second-order valence-electron chi connectivity index (χ2n) is 5.46. The van der Waals surface area contributed by atoms with Gasteiger partial charge < -0.3 is 5.32 Å². The average Bonchev–Trinajstić information content (AvgIpc) is 2.55. The van der Waals surface area contributed by atoms with Crippen molar-refractivity contribution in [2.45, 2.75) is 5.75 Å². The summed E-state index contributed by atoms with van der Waals surface area (Å²) in [5.74, 6) is 0.336. The molecule has 0 saturated heterocycles. The maximum absolute atomic E-state index is 13.6. The highest BCUT2D eigenvalue weighted by atomic mass is 35.5. The Morgan fingerprint density at radius 1 is 1.23 bits per heavy atom. The van der Waals surface area contributed by atoms with Crippen LogP contribution in [0.3, 0.4) is 0 Å². The van der Waals surface area contributed by atoms with E-state index in [0.29, 0.717) is 39.9 Å². The maximum Gasteiger partial charge on any atom is 0.251 e. The van der Waals surface area contributed by atoms with Gasteiger partial charge in [0.2, 0.25) is 10.0 Å². The zero-order chi connectivity index (χ0) is 19.2. The number of anilines is 1. The molecule has 2 N–H and O–H groups in total. The highest BCUT2D eigenvalue weighted by Gasteiger charge is 2.09. The van der Waals surface area contributed by atoms with E-state index in [0.717, 1.165) is 6.26 Å². The van der Waals surface area contributed by atoms with Gasteiger partial charge in [0.25, 0.3) is 5.91 Å². The Labute approximate surface area is 161 Å². The van der Waals surface area contributed by atoms with E-state index in [4.69, 9.17) is 11.6 Å². The van der Waals surface area contributed by atoms with Crippen LogP contribution in [0, 0.1) is 5.82 Å². The molecule has 1 amide bonds. The molecule has 0 fully saturated rings. The molecule has 9 heteroatoms. The lowest BCUT2D eigenvalue weighted by atomic mass is 10.2. The summed E-state index contributed by atoms with van der Waals surface area (Å²) < 4.78 is 38.5. The summed E-state index contributed by atoms with van der Waals surface area (Å²) in [4.78, 5) is 12.1. The first-order valence-corrected chi connectivity index (χ1v) is 11.1. The second kappa shape index (κ2) is 9.25. The highest BCUT2D eigenvalue weighted by Crippen LogP contribution is 2.23. The molecule has 0 unspecified atom stereocenters. The van der Waals surface area contributed by atoms with Crippen molar-refractivity contribution in [1.29, 1.82) is 0 Å². The third-order valence-electron chi connectivity index (χ3n) is 3.27. The molecule has 26 heavy (non-hydrogen) atoms. The SMILES string of the molecule is CS(=O)(=O)Nc1cccc(C(=O)NCCSCc2c(F)cccc2Cl)c1. The molecule has 0 atom stereocenters. The standard InChI is InChI=1S/C17H18ClFN2O3S2/c1-26(23,24)21-13-5-2-4-12(10-13)17(22)20-8-9-25-11-14-15(18)6-3-7-16(14)19/h2-7,10,21H,8-9,11H2,1H3,(H,20,22). The van der Waals surface area contributed by atoms with Crippen LogP contribution in [-0.4, -0.2) is 32.9 Å². The van der Waals surface area contributed by atoms with Gasteiger partial charge in [-0.15, -0.1) is 0 Å². The lowest BCUT2D eigenvalue weighted by Gasteiger charge is -2.09. The van der Waals surface area contributed by atoms with Crippen LogP contribution >= 0.6 is 23.4 Å². The van der Waals surface area contributed by atoms with Crippen LogP contribution in [0.1, 0.15) is 15.9 Å². The summed E-state index contributed by atoms with van der Waals surface area (Å²) in [7, 11) is -3.40. The third-order valence-corrected chi connectivity index (χ3v) is 5.21. The number of benzene rings is 2. The minimum atomic E-state index is -3.40. The molecule has 0 saturated carbocycles. The van der Waals surface area contributed by atoms with Gasteiger partial charge in [-0.05, 0) is 30.3 Å². The number of hydrogen-bond donors (Lipinski definition) is 2. The minimum Gasteiger partial charge on any atom is -0.351 e. The maximum atomic E-state index is 13.6. The summed E-state index contributed by atoms with van der Waals surface area (Å²) in [6.45, 7) is 0.388. The van der Waals surface area contributed by atoms with Gasteiger partial charge in [0.05, 0.1) is 6.26 Å². The minimum absolute atomic E-state index is 0.313. The van der Waals surface area contributed by atoms with Crippen molar-refractivity contribution in [2.75, 3.05) is 23.3 Å². The Morgan fingerprint density at radius 3 is 2.65 bits per heavy atom. The lowest BCUT2D eigenvalue weighted by Crippen LogP contribution is -2.25. The van der Waals surface area contributed by atoms with Gasteiger partial charge in [-0.25, -0.2) is 12.8 Å². The first-order valence-electron chi connectivity index (χ1n) is 7.63. The molecule has 0 radical (unpaired) electrons. The number of carbonyl (C=O) groups is 1. The number of halogens is 2. The number of nitrogens with one attached hydrogen (secondary N) is 2. The molecule has 0 spiro atoms. The van der Waals surface area contributed by atoms with E-state index < -0.39 is 10.0 Å². The number of sulfonamides is 1. The van der Waals surface area contributed by atoms with Crippen molar-refractivity contribution < 1.29 is 17.6 Å². The van der Waals surface area contributed by atoms with Gasteiger partial charge in [-0.1, -0.05) is 23.7 Å². The van der Waals surface area contributed by atoms with Crippen LogP contribution in [0.25, 0.3) is 0 Å². The predicted octanol–water partition coefficient (Wildman–Crippen LogP) is 3.51. The van der Waals surface area contributed by atoms with Crippen LogP contribution in [-0.2, 0) is 15.8 Å². The molecule has 0 aliphatic heterocycles. The van der Waals surface area contributed by atoms with Crippen molar-refractivity contribution in [3.63, 3.8) is 0 Å². The van der Waals surface area contributed by atoms with Gasteiger partial charge in [0.15, 0.2) is 0 Å². The smallest absolute Gasteiger partial charge is 0.251 e. The van der Waals surface area contributed by atoms with E-state index in [-0.39, 0.29) is 11.7 Å².